The van der Waals surface area contributed by atoms with Gasteiger partial charge in [-0.2, -0.15) is 0 Å². The highest BCUT2D eigenvalue weighted by molar-refractivity contribution is 5.60. The largest absolute Gasteiger partial charge is 0.345 e. The van der Waals surface area contributed by atoms with Crippen LogP contribution >= 0.6 is 0 Å². The van der Waals surface area contributed by atoms with E-state index in [0.717, 1.165) is 18.1 Å². The second-order valence-electron chi connectivity index (χ2n) is 8.49. The Kier molecular flexibility index (Phi) is 4.24. The van der Waals surface area contributed by atoms with Gasteiger partial charge in [0, 0.05) is 36.7 Å². The van der Waals surface area contributed by atoms with Crippen LogP contribution in [0.4, 0.5) is 0 Å². The lowest BCUT2D eigenvalue weighted by molar-refractivity contribution is -0.922. The molecule has 0 radical (unpaired) electrons. The van der Waals surface area contributed by atoms with E-state index in [1.165, 1.54) is 33.9 Å². The summed E-state index contributed by atoms with van der Waals surface area (Å²) in [6.45, 7) is 9.53. The van der Waals surface area contributed by atoms with Gasteiger partial charge in [-0.05, 0) is 64.1 Å². The molecular weight excluding hydrogens is 368 g/mol. The molecule has 148 valence electrons. The molecule has 0 saturated heterocycles. The number of fused-ring (bicyclic) bond motifs is 2. The second-order valence-corrected chi connectivity index (χ2v) is 8.49. The topological polar surface area (TPSA) is 33.5 Å². The van der Waals surface area contributed by atoms with Gasteiger partial charge in [-0.15, -0.1) is 9.13 Å². The normalized spacial score (nSPS) is 14.1. The number of pyridine rings is 4. The summed E-state index contributed by atoms with van der Waals surface area (Å²) in [5.41, 5.74) is 9.31. The van der Waals surface area contributed by atoms with Crippen molar-refractivity contribution in [2.75, 3.05) is 0 Å². The highest BCUT2D eigenvalue weighted by atomic mass is 15.2. The Balaban J connectivity index is 1.78. The molecule has 5 heterocycles. The molecule has 4 heteroatoms. The van der Waals surface area contributed by atoms with E-state index in [-0.39, 0.29) is 5.41 Å². The van der Waals surface area contributed by atoms with Crippen molar-refractivity contribution in [1.29, 1.82) is 0 Å². The SMILES string of the molecule is Cc1ncccc1-c1cccc2[n+]1C[n+]1c(-c3cccnc3C)cccc1C2(C)C. The minimum Gasteiger partial charge on any atom is -0.261 e. The summed E-state index contributed by atoms with van der Waals surface area (Å²) in [5.74, 6) is 0. The molecule has 1 aliphatic heterocycles. The molecule has 0 spiro atoms. The molecule has 0 unspecified atom stereocenters. The van der Waals surface area contributed by atoms with Crippen molar-refractivity contribution in [2.24, 2.45) is 0 Å². The summed E-state index contributed by atoms with van der Waals surface area (Å²) in [7, 11) is 0. The third-order valence-electron chi connectivity index (χ3n) is 6.31. The van der Waals surface area contributed by atoms with Crippen LogP contribution in [0.5, 0.6) is 0 Å². The smallest absolute Gasteiger partial charge is 0.261 e. The molecule has 4 aromatic rings. The molecule has 0 bridgehead atoms. The summed E-state index contributed by atoms with van der Waals surface area (Å²) >= 11 is 0. The minimum absolute atomic E-state index is 0.142. The fourth-order valence-electron chi connectivity index (χ4n) is 4.73. The van der Waals surface area contributed by atoms with Crippen LogP contribution < -0.4 is 9.13 Å². The van der Waals surface area contributed by atoms with Gasteiger partial charge in [0.1, 0.15) is 5.41 Å². The lowest BCUT2D eigenvalue weighted by Crippen LogP contribution is -2.65. The first-order valence-electron chi connectivity index (χ1n) is 10.4. The zero-order valence-corrected chi connectivity index (χ0v) is 17.9. The Bertz CT molecular complexity index is 1180. The average molecular weight is 395 g/mol. The molecule has 0 atom stereocenters. The van der Waals surface area contributed by atoms with E-state index in [4.69, 9.17) is 0 Å². The second kappa shape index (κ2) is 6.84. The molecule has 4 nitrogen and oxygen atoms in total. The summed E-state index contributed by atoms with van der Waals surface area (Å²) in [6.07, 6.45) is 3.71. The molecule has 5 rings (SSSR count). The van der Waals surface area contributed by atoms with Crippen molar-refractivity contribution in [3.8, 4) is 22.5 Å². The van der Waals surface area contributed by atoms with Gasteiger partial charge in [0.15, 0.2) is 0 Å². The number of rotatable bonds is 2. The van der Waals surface area contributed by atoms with Crippen LogP contribution in [0.15, 0.2) is 73.1 Å². The van der Waals surface area contributed by atoms with Crippen molar-refractivity contribution in [3.05, 3.63) is 95.8 Å². The molecule has 0 amide bonds. The van der Waals surface area contributed by atoms with Gasteiger partial charge in [0.05, 0.1) is 22.5 Å². The molecule has 1 aliphatic rings. The molecule has 4 aromatic heterocycles. The van der Waals surface area contributed by atoms with Crippen LogP contribution in [0.3, 0.4) is 0 Å². The molecule has 0 N–H and O–H groups in total. The van der Waals surface area contributed by atoms with Crippen molar-refractivity contribution < 1.29 is 9.13 Å². The van der Waals surface area contributed by atoms with E-state index in [0.29, 0.717) is 0 Å². The van der Waals surface area contributed by atoms with Crippen LogP contribution in [0, 0.1) is 13.8 Å². The Morgan fingerprint density at radius 1 is 0.667 bits per heavy atom. The summed E-state index contributed by atoms with van der Waals surface area (Å²) in [6, 6.07) is 21.6. The maximum Gasteiger partial charge on any atom is 0.345 e. The number of aryl methyl sites for hydroxylation is 2. The molecule has 0 fully saturated rings. The zero-order chi connectivity index (χ0) is 20.9. The van der Waals surface area contributed by atoms with Crippen molar-refractivity contribution in [1.82, 2.24) is 9.97 Å². The monoisotopic (exact) mass is 394 g/mol. The minimum atomic E-state index is -0.142. The van der Waals surface area contributed by atoms with Gasteiger partial charge in [0.2, 0.25) is 22.8 Å². The van der Waals surface area contributed by atoms with Crippen LogP contribution in [-0.4, -0.2) is 9.97 Å². The molecular formula is C26H26N4+2. The Labute approximate surface area is 177 Å². The zero-order valence-electron chi connectivity index (χ0n) is 17.9. The quantitative estimate of drug-likeness (QED) is 0.479. The molecule has 0 aliphatic carbocycles. The van der Waals surface area contributed by atoms with Crippen LogP contribution in [0.25, 0.3) is 22.5 Å². The first-order chi connectivity index (χ1) is 14.5. The summed E-state index contributed by atoms with van der Waals surface area (Å²) in [5, 5.41) is 0. The van der Waals surface area contributed by atoms with Crippen molar-refractivity contribution in [3.63, 3.8) is 0 Å². The Morgan fingerprint density at radius 2 is 1.13 bits per heavy atom. The Morgan fingerprint density at radius 3 is 1.57 bits per heavy atom. The van der Waals surface area contributed by atoms with Gasteiger partial charge in [-0.3, -0.25) is 9.97 Å². The van der Waals surface area contributed by atoms with Gasteiger partial charge >= 0.3 is 6.67 Å². The number of aromatic nitrogens is 4. The van der Waals surface area contributed by atoms with Crippen molar-refractivity contribution in [2.45, 2.75) is 39.8 Å². The average Bonchev–Trinajstić information content (AvgIpc) is 2.74. The van der Waals surface area contributed by atoms with Crippen LogP contribution in [0.2, 0.25) is 0 Å². The fraction of sp³-hybridized carbons (Fsp3) is 0.231. The van der Waals surface area contributed by atoms with Gasteiger partial charge in [-0.1, -0.05) is 0 Å². The highest BCUT2D eigenvalue weighted by Crippen LogP contribution is 2.32. The third-order valence-corrected chi connectivity index (χ3v) is 6.31. The first kappa shape index (κ1) is 18.6. The van der Waals surface area contributed by atoms with E-state index < -0.39 is 0 Å². The summed E-state index contributed by atoms with van der Waals surface area (Å²) < 4.78 is 4.87. The van der Waals surface area contributed by atoms with E-state index in [1.54, 1.807) is 0 Å². The van der Waals surface area contributed by atoms with E-state index >= 15 is 0 Å². The van der Waals surface area contributed by atoms with Gasteiger partial charge in [0.25, 0.3) is 0 Å². The van der Waals surface area contributed by atoms with E-state index in [1.807, 2.05) is 24.5 Å². The predicted octanol–water partition coefficient (Wildman–Crippen LogP) is 4.15. The molecule has 0 saturated carbocycles. The standard InChI is InChI=1S/C26H26N4/c1-18-20(9-7-15-27-18)22-11-5-13-24-26(3,4)25-14-6-12-23(30(25)17-29(22)24)21-10-8-16-28-19(21)2/h5-16H,17H2,1-4H3/q+2. The van der Waals surface area contributed by atoms with E-state index in [2.05, 4.69) is 95.3 Å². The molecule has 30 heavy (non-hydrogen) atoms. The highest BCUT2D eigenvalue weighted by Gasteiger charge is 2.47. The van der Waals surface area contributed by atoms with E-state index in [9.17, 15) is 0 Å². The molecule has 0 aromatic carbocycles. The van der Waals surface area contributed by atoms with Gasteiger partial charge in [-0.25, -0.2) is 0 Å². The lowest BCUT2D eigenvalue weighted by Gasteiger charge is -2.26. The number of hydrogen-bond donors (Lipinski definition) is 0. The third kappa shape index (κ3) is 2.75. The van der Waals surface area contributed by atoms with Crippen LogP contribution in [-0.2, 0) is 12.1 Å². The first-order valence-corrected chi connectivity index (χ1v) is 10.4. The maximum absolute atomic E-state index is 4.53. The van der Waals surface area contributed by atoms with Crippen molar-refractivity contribution >= 4 is 0 Å². The summed E-state index contributed by atoms with van der Waals surface area (Å²) in [4.78, 5) is 9.07. The number of hydrogen-bond acceptors (Lipinski definition) is 2. The van der Waals surface area contributed by atoms with Gasteiger partial charge < -0.3 is 0 Å². The van der Waals surface area contributed by atoms with Crippen LogP contribution in [0.1, 0.15) is 36.6 Å². The fourth-order valence-corrected chi connectivity index (χ4v) is 4.73. The Hall–Kier alpha value is -3.40. The predicted molar refractivity (Wildman–Crippen MR) is 117 cm³/mol. The maximum atomic E-state index is 4.53. The lowest BCUT2D eigenvalue weighted by atomic mass is 9.82. The number of nitrogens with zero attached hydrogens (tertiary/aromatic N) is 4.